The molecule has 132 valence electrons. The van der Waals surface area contributed by atoms with Crippen LogP contribution >= 0.6 is 23.4 Å². The first-order chi connectivity index (χ1) is 11.5. The molecule has 0 aliphatic heterocycles. The normalized spacial score (nSPS) is 10.1. The lowest BCUT2D eigenvalue weighted by Gasteiger charge is -2.07. The number of esters is 1. The number of imide groups is 1. The van der Waals surface area contributed by atoms with Gasteiger partial charge in [0.05, 0.1) is 18.1 Å². The molecule has 0 saturated heterocycles. The third-order valence-electron chi connectivity index (χ3n) is 2.61. The molecule has 0 aliphatic rings. The largest absolute Gasteiger partial charge is 0.456 e. The summed E-state index contributed by atoms with van der Waals surface area (Å²) in [6.07, 6.45) is 0.128. The van der Waals surface area contributed by atoms with Gasteiger partial charge in [0.25, 0.3) is 5.91 Å². The van der Waals surface area contributed by atoms with Gasteiger partial charge in [0.2, 0.25) is 0 Å². The maximum Gasteiger partial charge on any atom is 0.321 e. The van der Waals surface area contributed by atoms with E-state index in [-0.39, 0.29) is 13.0 Å². The lowest BCUT2D eigenvalue weighted by Crippen LogP contribution is -2.42. The molecule has 1 aromatic rings. The Morgan fingerprint density at radius 2 is 2.00 bits per heavy atom. The van der Waals surface area contributed by atoms with Gasteiger partial charge in [-0.3, -0.25) is 14.9 Å². The van der Waals surface area contributed by atoms with Crippen LogP contribution in [0.2, 0.25) is 5.02 Å². The van der Waals surface area contributed by atoms with Crippen LogP contribution < -0.4 is 10.6 Å². The monoisotopic (exact) mass is 374 g/mol. The smallest absolute Gasteiger partial charge is 0.321 e. The van der Waals surface area contributed by atoms with Gasteiger partial charge in [-0.1, -0.05) is 23.7 Å². The van der Waals surface area contributed by atoms with Crippen molar-refractivity contribution in [3.8, 4) is 0 Å². The Labute approximate surface area is 149 Å². The van der Waals surface area contributed by atoms with Gasteiger partial charge >= 0.3 is 12.0 Å². The van der Waals surface area contributed by atoms with E-state index in [0.717, 1.165) is 4.90 Å². The number of hydrogen-bond donors (Lipinski definition) is 2. The van der Waals surface area contributed by atoms with Crippen LogP contribution in [0.4, 0.5) is 4.79 Å². The van der Waals surface area contributed by atoms with Crippen LogP contribution in [0.5, 0.6) is 0 Å². The van der Waals surface area contributed by atoms with E-state index in [9.17, 15) is 14.4 Å². The lowest BCUT2D eigenvalue weighted by molar-refractivity contribution is -0.147. The number of amides is 3. The number of thioether (sulfide) groups is 1. The lowest BCUT2D eigenvalue weighted by atomic mass is 10.4. The highest BCUT2D eigenvalue weighted by Gasteiger charge is 2.11. The van der Waals surface area contributed by atoms with E-state index in [1.165, 1.54) is 18.9 Å². The molecule has 1 aromatic carbocycles. The number of benzene rings is 1. The average molecular weight is 375 g/mol. The number of methoxy groups -OCH3 is 1. The summed E-state index contributed by atoms with van der Waals surface area (Å²) in [5, 5.41) is 5.07. The van der Waals surface area contributed by atoms with Gasteiger partial charge in [0.1, 0.15) is 0 Å². The molecule has 3 amide bonds. The number of nitrogens with one attached hydrogen (secondary N) is 2. The third kappa shape index (κ3) is 8.76. The zero-order chi connectivity index (χ0) is 17.8. The molecule has 0 bridgehead atoms. The van der Waals surface area contributed by atoms with Crippen molar-refractivity contribution in [3.05, 3.63) is 29.3 Å². The number of carbonyl (C=O) groups excluding carboxylic acids is 3. The molecule has 24 heavy (non-hydrogen) atoms. The van der Waals surface area contributed by atoms with Crippen molar-refractivity contribution < 1.29 is 23.9 Å². The number of rotatable bonds is 9. The van der Waals surface area contributed by atoms with E-state index in [2.05, 4.69) is 5.32 Å². The Balaban J connectivity index is 2.16. The molecule has 0 spiro atoms. The molecule has 0 aliphatic carbocycles. The summed E-state index contributed by atoms with van der Waals surface area (Å²) in [5.74, 6) is -0.747. The number of ether oxygens (including phenoxy) is 2. The van der Waals surface area contributed by atoms with E-state index in [1.807, 2.05) is 23.5 Å². The zero-order valence-electron chi connectivity index (χ0n) is 13.2. The second-order valence-corrected chi connectivity index (χ2v) is 6.03. The predicted molar refractivity (Wildman–Crippen MR) is 91.2 cm³/mol. The maximum atomic E-state index is 11.6. The van der Waals surface area contributed by atoms with Crippen molar-refractivity contribution in [2.24, 2.45) is 0 Å². The zero-order valence-corrected chi connectivity index (χ0v) is 14.7. The summed E-state index contributed by atoms with van der Waals surface area (Å²) < 4.78 is 9.54. The predicted octanol–water partition coefficient (Wildman–Crippen LogP) is 1.84. The molecule has 0 radical (unpaired) electrons. The van der Waals surface area contributed by atoms with Gasteiger partial charge in [0.15, 0.2) is 6.61 Å². The molecular formula is C15H19ClN2O5S. The fraction of sp³-hybridized carbons (Fsp3) is 0.400. The first kappa shape index (κ1) is 20.3. The average Bonchev–Trinajstić information content (AvgIpc) is 2.55. The number of halogens is 1. The van der Waals surface area contributed by atoms with Crippen molar-refractivity contribution in [3.63, 3.8) is 0 Å². The Morgan fingerprint density at radius 3 is 2.71 bits per heavy atom. The minimum atomic E-state index is -0.697. The number of urea groups is 1. The van der Waals surface area contributed by atoms with Gasteiger partial charge in [0, 0.05) is 24.3 Å². The van der Waals surface area contributed by atoms with E-state index < -0.39 is 24.5 Å². The molecule has 2 N–H and O–H groups in total. The molecule has 0 fully saturated rings. The number of carbonyl (C=O) groups is 3. The second-order valence-electron chi connectivity index (χ2n) is 4.49. The molecule has 0 saturated carbocycles. The summed E-state index contributed by atoms with van der Waals surface area (Å²) >= 11 is 7.42. The van der Waals surface area contributed by atoms with E-state index in [1.54, 1.807) is 6.07 Å². The molecule has 1 rings (SSSR count). The highest BCUT2D eigenvalue weighted by atomic mass is 35.5. The van der Waals surface area contributed by atoms with Crippen LogP contribution in [0, 0.1) is 0 Å². The first-order valence-electron chi connectivity index (χ1n) is 7.12. The van der Waals surface area contributed by atoms with Crippen LogP contribution in [-0.2, 0) is 19.1 Å². The highest BCUT2D eigenvalue weighted by molar-refractivity contribution is 7.99. The molecule has 9 heteroatoms. The number of hydrogen-bond acceptors (Lipinski definition) is 6. The van der Waals surface area contributed by atoms with Crippen LogP contribution in [0.25, 0.3) is 0 Å². The standard InChI is InChI=1S/C15H19ClN2O5S/c1-22-8-7-17-15(21)18-13(19)10-23-14(20)6-9-24-12-5-3-2-4-11(12)16/h2-5H,6-10H2,1H3,(H2,17,18,19,21). The Kier molecular flexibility index (Phi) is 9.90. The second kappa shape index (κ2) is 11.7. The fourth-order valence-electron chi connectivity index (χ4n) is 1.50. The van der Waals surface area contributed by atoms with Gasteiger partial charge in [-0.2, -0.15) is 0 Å². The van der Waals surface area contributed by atoms with Gasteiger partial charge in [-0.15, -0.1) is 11.8 Å². The Hall–Kier alpha value is -1.77. The van der Waals surface area contributed by atoms with Crippen molar-refractivity contribution >= 4 is 41.3 Å². The van der Waals surface area contributed by atoms with Crippen molar-refractivity contribution in [1.29, 1.82) is 0 Å². The minimum Gasteiger partial charge on any atom is -0.456 e. The molecule has 0 atom stereocenters. The minimum absolute atomic E-state index is 0.128. The van der Waals surface area contributed by atoms with E-state index >= 15 is 0 Å². The fourth-order valence-corrected chi connectivity index (χ4v) is 2.67. The topological polar surface area (TPSA) is 93.7 Å². The maximum absolute atomic E-state index is 11.6. The quantitative estimate of drug-likeness (QED) is 0.389. The molecule has 7 nitrogen and oxygen atoms in total. The summed E-state index contributed by atoms with van der Waals surface area (Å²) in [6, 6.07) is 6.64. The summed E-state index contributed by atoms with van der Waals surface area (Å²) in [4.78, 5) is 35.1. The van der Waals surface area contributed by atoms with E-state index in [4.69, 9.17) is 21.1 Å². The van der Waals surface area contributed by atoms with Crippen LogP contribution in [0.3, 0.4) is 0 Å². The van der Waals surface area contributed by atoms with Crippen molar-refractivity contribution in [2.45, 2.75) is 11.3 Å². The summed E-state index contributed by atoms with van der Waals surface area (Å²) in [7, 11) is 1.49. The van der Waals surface area contributed by atoms with Gasteiger partial charge in [-0.25, -0.2) is 4.79 Å². The first-order valence-corrected chi connectivity index (χ1v) is 8.49. The van der Waals surface area contributed by atoms with Crippen LogP contribution in [0.1, 0.15) is 6.42 Å². The molecule has 0 aromatic heterocycles. The SMILES string of the molecule is COCCNC(=O)NC(=O)COC(=O)CCSc1ccccc1Cl. The van der Waals surface area contributed by atoms with Crippen LogP contribution in [0.15, 0.2) is 29.2 Å². The van der Waals surface area contributed by atoms with Crippen molar-refractivity contribution in [2.75, 3.05) is 32.6 Å². The van der Waals surface area contributed by atoms with Crippen molar-refractivity contribution in [1.82, 2.24) is 10.6 Å². The van der Waals surface area contributed by atoms with E-state index in [0.29, 0.717) is 17.4 Å². The van der Waals surface area contributed by atoms with Crippen LogP contribution in [-0.4, -0.2) is 50.5 Å². The van der Waals surface area contributed by atoms with Gasteiger partial charge in [-0.05, 0) is 12.1 Å². The Bertz CT molecular complexity index is 571. The molecule has 0 heterocycles. The molecule has 0 unspecified atom stereocenters. The summed E-state index contributed by atoms with van der Waals surface area (Å²) in [5.41, 5.74) is 0. The highest BCUT2D eigenvalue weighted by Crippen LogP contribution is 2.26. The Morgan fingerprint density at radius 1 is 1.25 bits per heavy atom. The van der Waals surface area contributed by atoms with Gasteiger partial charge < -0.3 is 14.8 Å². The third-order valence-corrected chi connectivity index (χ3v) is 4.13. The molecular weight excluding hydrogens is 356 g/mol. The summed E-state index contributed by atoms with van der Waals surface area (Å²) in [6.45, 7) is 0.0989.